The number of likely N-dealkylation sites (tertiary alicyclic amines) is 2. The summed E-state index contributed by atoms with van der Waals surface area (Å²) >= 11 is 0. The number of pyridine rings is 1. The van der Waals surface area contributed by atoms with E-state index < -0.39 is 29.7 Å². The van der Waals surface area contributed by atoms with Crippen molar-refractivity contribution >= 4 is 11.6 Å². The van der Waals surface area contributed by atoms with E-state index in [0.29, 0.717) is 17.3 Å². The van der Waals surface area contributed by atoms with E-state index in [1.165, 1.54) is 61.0 Å². The van der Waals surface area contributed by atoms with E-state index in [9.17, 15) is 18.0 Å². The van der Waals surface area contributed by atoms with Gasteiger partial charge in [0.25, 0.3) is 11.8 Å². The average molecular weight is 573 g/mol. The maximum Gasteiger partial charge on any atom is 0.314 e. The molecule has 2 saturated heterocycles. The molecule has 0 radical (unpaired) electrons. The number of piperidine rings is 1. The molecule has 8 nitrogen and oxygen atoms in total. The molecule has 0 unspecified atom stereocenters. The Balaban J connectivity index is 1.13. The fourth-order valence-corrected chi connectivity index (χ4v) is 6.29. The Hall–Kier alpha value is -3.38. The number of amides is 1. The number of rotatable bonds is 8. The summed E-state index contributed by atoms with van der Waals surface area (Å²) in [5, 5.41) is 6.91. The monoisotopic (exact) mass is 572 g/mol. The van der Waals surface area contributed by atoms with Crippen LogP contribution in [0.25, 0.3) is 11.5 Å². The lowest BCUT2D eigenvalue weighted by Gasteiger charge is -2.50. The fraction of sp³-hybridized carbons (Fsp3) is 0.517. The predicted molar refractivity (Wildman–Crippen MR) is 142 cm³/mol. The molecule has 2 aliphatic heterocycles. The van der Waals surface area contributed by atoms with Crippen LogP contribution in [0, 0.1) is 5.82 Å². The number of hydrogen-bond acceptors (Lipinski definition) is 7. The first-order valence-corrected chi connectivity index (χ1v) is 14.1. The number of nitrogens with zero attached hydrogens (tertiary/aromatic N) is 6. The lowest BCUT2D eigenvalue weighted by molar-refractivity contribution is -0.146. The molecule has 1 saturated carbocycles. The molecule has 6 rings (SSSR count). The van der Waals surface area contributed by atoms with E-state index in [4.69, 9.17) is 4.42 Å². The lowest BCUT2D eigenvalue weighted by atomic mass is 9.89. The molecule has 1 amide bonds. The zero-order chi connectivity index (χ0) is 28.6. The zero-order valence-corrected chi connectivity index (χ0v) is 22.6. The molecular weight excluding hydrogens is 540 g/mol. The van der Waals surface area contributed by atoms with E-state index >= 15 is 4.39 Å². The smallest absolute Gasteiger partial charge is 0.314 e. The van der Waals surface area contributed by atoms with Crippen LogP contribution in [-0.4, -0.2) is 74.8 Å². The highest BCUT2D eigenvalue weighted by molar-refractivity contribution is 6.00. The van der Waals surface area contributed by atoms with E-state index in [0.717, 1.165) is 25.9 Å². The number of benzene rings is 1. The molecule has 218 valence electrons. The summed E-state index contributed by atoms with van der Waals surface area (Å²) in [4.78, 5) is 23.8. The largest absolute Gasteiger partial charge is 0.415 e. The van der Waals surface area contributed by atoms with Crippen LogP contribution < -0.4 is 4.90 Å². The second-order valence-electron chi connectivity index (χ2n) is 11.2. The maximum atomic E-state index is 16.1. The highest BCUT2D eigenvalue weighted by atomic mass is 19.3. The van der Waals surface area contributed by atoms with Gasteiger partial charge in [0.1, 0.15) is 5.82 Å². The summed E-state index contributed by atoms with van der Waals surface area (Å²) in [6.45, 7) is 1.90. The Labute approximate surface area is 235 Å². The summed E-state index contributed by atoms with van der Waals surface area (Å²) in [5.74, 6) is -2.21. The van der Waals surface area contributed by atoms with Gasteiger partial charge in [-0.05, 0) is 69.1 Å². The third-order valence-electron chi connectivity index (χ3n) is 8.53. The van der Waals surface area contributed by atoms with E-state index in [1.807, 2.05) is 0 Å². The van der Waals surface area contributed by atoms with Crippen LogP contribution in [0.2, 0.25) is 0 Å². The van der Waals surface area contributed by atoms with Gasteiger partial charge in [0, 0.05) is 37.1 Å². The van der Waals surface area contributed by atoms with Crippen LogP contribution in [0.3, 0.4) is 0 Å². The number of hydrogen-bond donors (Lipinski definition) is 0. The third kappa shape index (κ3) is 5.85. The number of anilines is 1. The minimum absolute atomic E-state index is 0.00173. The molecule has 2 aromatic heterocycles. The molecule has 3 fully saturated rings. The number of alkyl halides is 3. The van der Waals surface area contributed by atoms with Crippen molar-refractivity contribution in [3.05, 3.63) is 60.0 Å². The van der Waals surface area contributed by atoms with Crippen LogP contribution in [-0.2, 0) is 11.3 Å². The summed E-state index contributed by atoms with van der Waals surface area (Å²) < 4.78 is 60.7. The van der Waals surface area contributed by atoms with Gasteiger partial charge in [-0.3, -0.25) is 14.7 Å². The van der Waals surface area contributed by atoms with E-state index in [2.05, 4.69) is 25.0 Å². The maximum absolute atomic E-state index is 16.1. The minimum atomic E-state index is -2.89. The summed E-state index contributed by atoms with van der Waals surface area (Å²) in [5.41, 5.74) is -1.17. The van der Waals surface area contributed by atoms with Crippen LogP contribution >= 0.6 is 0 Å². The van der Waals surface area contributed by atoms with Crippen LogP contribution in [0.5, 0.6) is 0 Å². The quantitative estimate of drug-likeness (QED) is 0.345. The van der Waals surface area contributed by atoms with Crippen molar-refractivity contribution in [1.82, 2.24) is 25.0 Å². The second-order valence-corrected chi connectivity index (χ2v) is 11.2. The SMILES string of the molecule is O=C(N(Cc1ccc(-c2nnc(C(F)F)o2)cn1)c1cccc(F)c1)C1(F)CN(C2CCN(C3CCCC3)CC2)C1. The van der Waals surface area contributed by atoms with E-state index in [1.54, 1.807) is 12.1 Å². The van der Waals surface area contributed by atoms with Gasteiger partial charge in [-0.15, -0.1) is 10.2 Å². The molecule has 1 aromatic carbocycles. The number of aromatic nitrogens is 3. The van der Waals surface area contributed by atoms with Crippen molar-refractivity contribution in [3.63, 3.8) is 0 Å². The van der Waals surface area contributed by atoms with Crippen molar-refractivity contribution in [2.75, 3.05) is 31.1 Å². The molecule has 12 heteroatoms. The van der Waals surface area contributed by atoms with Crippen LogP contribution in [0.15, 0.2) is 47.0 Å². The van der Waals surface area contributed by atoms with Crippen molar-refractivity contribution < 1.29 is 26.8 Å². The van der Waals surface area contributed by atoms with Gasteiger partial charge in [-0.25, -0.2) is 8.78 Å². The summed E-state index contributed by atoms with van der Waals surface area (Å²) in [7, 11) is 0. The molecule has 3 aromatic rings. The topological polar surface area (TPSA) is 78.6 Å². The lowest BCUT2D eigenvalue weighted by Crippen LogP contribution is -2.69. The van der Waals surface area contributed by atoms with Gasteiger partial charge in [-0.1, -0.05) is 18.9 Å². The standard InChI is InChI=1S/C29H32F4N6O2/c30-20-4-3-7-24(14-20)39(16-21-9-8-19(15-34-21)26-35-36-27(41-26)25(31)32)28(40)29(33)17-38(18-29)23-10-12-37(13-11-23)22-5-1-2-6-22/h3-4,7-9,14-15,22-23,25H,1-2,5-6,10-13,16-18H2. The Morgan fingerprint density at radius 3 is 2.39 bits per heavy atom. The summed E-state index contributed by atoms with van der Waals surface area (Å²) in [6.07, 6.45) is 5.50. The first-order chi connectivity index (χ1) is 19.8. The molecule has 0 spiro atoms. The number of carbonyl (C=O) groups excluding carboxylic acids is 1. The Bertz CT molecular complexity index is 1350. The molecule has 0 bridgehead atoms. The first-order valence-electron chi connectivity index (χ1n) is 14.1. The summed E-state index contributed by atoms with van der Waals surface area (Å²) in [6, 6.07) is 9.48. The van der Waals surface area contributed by atoms with Crippen molar-refractivity contribution in [2.24, 2.45) is 0 Å². The van der Waals surface area contributed by atoms with Gasteiger partial charge in [0.05, 0.1) is 17.8 Å². The predicted octanol–water partition coefficient (Wildman–Crippen LogP) is 5.17. The first kappa shape index (κ1) is 27.8. The molecule has 0 N–H and O–H groups in total. The average Bonchev–Trinajstić information content (AvgIpc) is 3.68. The molecule has 1 aliphatic carbocycles. The van der Waals surface area contributed by atoms with E-state index in [-0.39, 0.29) is 37.3 Å². The molecule has 0 atom stereocenters. The highest BCUT2D eigenvalue weighted by Crippen LogP contribution is 2.36. The number of halogens is 4. The van der Waals surface area contributed by atoms with Gasteiger partial charge in [0.15, 0.2) is 0 Å². The van der Waals surface area contributed by atoms with Crippen molar-refractivity contribution in [2.45, 2.75) is 69.2 Å². The Morgan fingerprint density at radius 2 is 1.76 bits per heavy atom. The second kappa shape index (κ2) is 11.5. The molecular formula is C29H32F4N6O2. The molecule has 41 heavy (non-hydrogen) atoms. The minimum Gasteiger partial charge on any atom is -0.415 e. The zero-order valence-electron chi connectivity index (χ0n) is 22.6. The van der Waals surface area contributed by atoms with Gasteiger partial charge in [0.2, 0.25) is 11.6 Å². The normalized spacial score (nSPS) is 20.4. The van der Waals surface area contributed by atoms with Crippen LogP contribution in [0.4, 0.5) is 23.2 Å². The Kier molecular flexibility index (Phi) is 7.78. The van der Waals surface area contributed by atoms with Crippen molar-refractivity contribution in [1.29, 1.82) is 0 Å². The number of carbonyl (C=O) groups is 1. The van der Waals surface area contributed by atoms with Gasteiger partial charge < -0.3 is 14.2 Å². The third-order valence-corrected chi connectivity index (χ3v) is 8.53. The van der Waals surface area contributed by atoms with Crippen LogP contribution in [0.1, 0.15) is 56.5 Å². The highest BCUT2D eigenvalue weighted by Gasteiger charge is 2.54. The fourth-order valence-electron chi connectivity index (χ4n) is 6.29. The van der Waals surface area contributed by atoms with Crippen molar-refractivity contribution in [3.8, 4) is 11.5 Å². The van der Waals surface area contributed by atoms with Gasteiger partial charge >= 0.3 is 6.43 Å². The van der Waals surface area contributed by atoms with Gasteiger partial charge in [-0.2, -0.15) is 8.78 Å². The molecule has 3 aliphatic rings. The Morgan fingerprint density at radius 1 is 1.02 bits per heavy atom. The molecule has 4 heterocycles.